The predicted octanol–water partition coefficient (Wildman–Crippen LogP) is 5.63. The van der Waals surface area contributed by atoms with Gasteiger partial charge in [-0.1, -0.05) is 30.7 Å². The maximum Gasteiger partial charge on any atom is 0.311 e. The van der Waals surface area contributed by atoms with E-state index in [4.69, 9.17) is 11.6 Å². The number of aryl methyl sites for hydroxylation is 1. The number of fused-ring (bicyclic) bond motifs is 1. The Morgan fingerprint density at radius 2 is 2.04 bits per heavy atom. The number of halogens is 1. The Morgan fingerprint density at radius 1 is 1.36 bits per heavy atom. The van der Waals surface area contributed by atoms with Gasteiger partial charge in [0.1, 0.15) is 0 Å². The molecule has 0 aliphatic carbocycles. The smallest absolute Gasteiger partial charge is 0.311 e. The molecule has 6 heteroatoms. The summed E-state index contributed by atoms with van der Waals surface area (Å²) in [5, 5.41) is 25.6. The summed E-state index contributed by atoms with van der Waals surface area (Å²) in [7, 11) is 0. The second-order valence-corrected chi connectivity index (χ2v) is 7.77. The van der Waals surface area contributed by atoms with Crippen LogP contribution < -0.4 is 5.32 Å². The highest BCUT2D eigenvalue weighted by Gasteiger charge is 2.33. The van der Waals surface area contributed by atoms with Gasteiger partial charge < -0.3 is 10.4 Å². The molecule has 0 bridgehead atoms. The van der Waals surface area contributed by atoms with Gasteiger partial charge in [-0.2, -0.15) is 0 Å². The number of hydrogen-bond acceptors (Lipinski definition) is 4. The van der Waals surface area contributed by atoms with Gasteiger partial charge in [0, 0.05) is 28.4 Å². The molecule has 1 unspecified atom stereocenters. The molecule has 25 heavy (non-hydrogen) atoms. The lowest BCUT2D eigenvalue weighted by Crippen LogP contribution is -2.37. The monoisotopic (exact) mass is 360 g/mol. The Balaban J connectivity index is 2.25. The number of benzene rings is 2. The quantitative estimate of drug-likeness (QED) is 0.537. The van der Waals surface area contributed by atoms with Crippen LogP contribution in [0, 0.1) is 17.0 Å². The molecule has 0 radical (unpaired) electrons. The van der Waals surface area contributed by atoms with Crippen LogP contribution >= 0.6 is 11.6 Å². The number of hydrogen-bond donors (Lipinski definition) is 2. The summed E-state index contributed by atoms with van der Waals surface area (Å²) in [4.78, 5) is 10.5. The van der Waals surface area contributed by atoms with Crippen LogP contribution in [0.15, 0.2) is 24.3 Å². The van der Waals surface area contributed by atoms with Gasteiger partial charge in [-0.15, -0.1) is 0 Å². The average molecular weight is 361 g/mol. The lowest BCUT2D eigenvalue weighted by Gasteiger charge is -2.39. The van der Waals surface area contributed by atoms with Gasteiger partial charge in [-0.3, -0.25) is 10.1 Å². The lowest BCUT2D eigenvalue weighted by molar-refractivity contribution is -0.385. The van der Waals surface area contributed by atoms with Gasteiger partial charge in [0.2, 0.25) is 5.75 Å². The zero-order valence-electron chi connectivity index (χ0n) is 14.7. The molecule has 0 amide bonds. The molecule has 1 aliphatic heterocycles. The van der Waals surface area contributed by atoms with Crippen LogP contribution in [0.25, 0.3) is 11.1 Å². The third-order valence-electron chi connectivity index (χ3n) is 4.77. The maximum atomic E-state index is 11.1. The van der Waals surface area contributed by atoms with Crippen molar-refractivity contribution in [1.29, 1.82) is 0 Å². The van der Waals surface area contributed by atoms with Crippen molar-refractivity contribution in [2.45, 2.75) is 45.6 Å². The number of aromatic hydroxyl groups is 1. The van der Waals surface area contributed by atoms with Gasteiger partial charge in [0.25, 0.3) is 0 Å². The van der Waals surface area contributed by atoms with Gasteiger partial charge in [-0.05, 0) is 50.3 Å². The molecule has 0 aromatic heterocycles. The zero-order chi connectivity index (χ0) is 18.5. The summed E-state index contributed by atoms with van der Waals surface area (Å²) in [6.45, 7) is 8.41. The Hall–Kier alpha value is -2.27. The van der Waals surface area contributed by atoms with E-state index in [1.807, 2.05) is 13.0 Å². The molecule has 1 aliphatic rings. The predicted molar refractivity (Wildman–Crippen MR) is 101 cm³/mol. The first-order valence-electron chi connectivity index (χ1n) is 8.20. The Labute approximate surface area is 151 Å². The first-order chi connectivity index (χ1) is 11.6. The topological polar surface area (TPSA) is 75.4 Å². The molecule has 2 aromatic carbocycles. The highest BCUT2D eigenvalue weighted by molar-refractivity contribution is 6.35. The molecule has 0 saturated carbocycles. The van der Waals surface area contributed by atoms with Gasteiger partial charge in [-0.25, -0.2) is 0 Å². The number of rotatable bonds is 2. The molecular weight excluding hydrogens is 340 g/mol. The largest absolute Gasteiger partial charge is 0.502 e. The zero-order valence-corrected chi connectivity index (χ0v) is 15.4. The molecule has 1 heterocycles. The van der Waals surface area contributed by atoms with E-state index < -0.39 is 4.92 Å². The number of nitrogens with zero attached hydrogens (tertiary/aromatic N) is 1. The summed E-state index contributed by atoms with van der Waals surface area (Å²) in [5.41, 5.74) is 3.66. The van der Waals surface area contributed by atoms with Crippen LogP contribution in [0.2, 0.25) is 5.02 Å². The average Bonchev–Trinajstić information content (AvgIpc) is 2.49. The minimum atomic E-state index is -0.593. The highest BCUT2D eigenvalue weighted by Crippen LogP contribution is 2.49. The highest BCUT2D eigenvalue weighted by atomic mass is 35.5. The number of anilines is 1. The van der Waals surface area contributed by atoms with Gasteiger partial charge in [0.15, 0.2) is 0 Å². The Morgan fingerprint density at radius 3 is 2.68 bits per heavy atom. The van der Waals surface area contributed by atoms with Crippen molar-refractivity contribution in [3.05, 3.63) is 50.5 Å². The molecule has 3 rings (SSSR count). The van der Waals surface area contributed by atoms with Gasteiger partial charge in [0.05, 0.1) is 9.95 Å². The van der Waals surface area contributed by atoms with E-state index >= 15 is 0 Å². The van der Waals surface area contributed by atoms with Crippen LogP contribution in [0.1, 0.15) is 44.2 Å². The number of para-hydroxylation sites is 1. The molecule has 2 N–H and O–H groups in total. The van der Waals surface area contributed by atoms with Crippen molar-refractivity contribution in [3.63, 3.8) is 0 Å². The summed E-state index contributed by atoms with van der Waals surface area (Å²) < 4.78 is 0. The molecule has 0 saturated heterocycles. The van der Waals surface area contributed by atoms with E-state index in [0.29, 0.717) is 16.1 Å². The van der Waals surface area contributed by atoms with Crippen molar-refractivity contribution in [1.82, 2.24) is 0 Å². The van der Waals surface area contributed by atoms with Crippen LogP contribution in [0.4, 0.5) is 11.4 Å². The molecule has 1 atom stereocenters. The van der Waals surface area contributed by atoms with E-state index in [2.05, 4.69) is 26.1 Å². The van der Waals surface area contributed by atoms with Crippen molar-refractivity contribution in [3.8, 4) is 16.9 Å². The van der Waals surface area contributed by atoms with Crippen LogP contribution in [0.5, 0.6) is 5.75 Å². The van der Waals surface area contributed by atoms with Crippen molar-refractivity contribution >= 4 is 23.0 Å². The standard InChI is InChI=1S/C19H21ClN2O3/c1-10-8-13(12-6-5-7-14(18(12)23)22(24)25)16(20)15-11(2)9-19(3,4)21-17(10)15/h5-8,11,21,23H,9H2,1-4H3. The number of nitro benzene ring substituents is 1. The van der Waals surface area contributed by atoms with E-state index in [0.717, 1.165) is 23.2 Å². The first kappa shape index (κ1) is 17.5. The fraction of sp³-hybridized carbons (Fsp3) is 0.368. The van der Waals surface area contributed by atoms with Crippen molar-refractivity contribution < 1.29 is 10.0 Å². The van der Waals surface area contributed by atoms with E-state index in [1.54, 1.807) is 12.1 Å². The fourth-order valence-corrected chi connectivity index (χ4v) is 4.23. The summed E-state index contributed by atoms with van der Waals surface area (Å²) in [6.07, 6.45) is 0.920. The van der Waals surface area contributed by atoms with Gasteiger partial charge >= 0.3 is 5.69 Å². The number of nitro groups is 1. The summed E-state index contributed by atoms with van der Waals surface area (Å²) in [6, 6.07) is 6.37. The molecule has 132 valence electrons. The molecule has 2 aromatic rings. The second-order valence-electron chi connectivity index (χ2n) is 7.39. The number of nitrogens with one attached hydrogen (secondary N) is 1. The normalized spacial score (nSPS) is 18.4. The van der Waals surface area contributed by atoms with E-state index in [1.165, 1.54) is 6.07 Å². The summed E-state index contributed by atoms with van der Waals surface area (Å²) >= 11 is 6.70. The number of phenolic OH excluding ortho intramolecular Hbond substituents is 1. The number of phenols is 1. The Bertz CT molecular complexity index is 877. The minimum Gasteiger partial charge on any atom is -0.502 e. The van der Waals surface area contributed by atoms with Crippen LogP contribution in [0.3, 0.4) is 0 Å². The fourth-order valence-electron chi connectivity index (χ4n) is 3.80. The van der Waals surface area contributed by atoms with Crippen LogP contribution in [-0.2, 0) is 0 Å². The maximum absolute atomic E-state index is 11.1. The molecule has 0 fully saturated rings. The van der Waals surface area contributed by atoms with Crippen molar-refractivity contribution in [2.75, 3.05) is 5.32 Å². The summed E-state index contributed by atoms with van der Waals surface area (Å²) in [5.74, 6) is -0.122. The van der Waals surface area contributed by atoms with E-state index in [9.17, 15) is 15.2 Å². The lowest BCUT2D eigenvalue weighted by atomic mass is 9.79. The third kappa shape index (κ3) is 2.93. The van der Waals surface area contributed by atoms with Crippen LogP contribution in [-0.4, -0.2) is 15.6 Å². The molecular formula is C19H21ClN2O3. The second kappa shape index (κ2) is 5.92. The minimum absolute atomic E-state index is 0.0320. The third-order valence-corrected chi connectivity index (χ3v) is 5.18. The van der Waals surface area contributed by atoms with E-state index in [-0.39, 0.29) is 22.9 Å². The molecule has 5 nitrogen and oxygen atoms in total. The SMILES string of the molecule is Cc1cc(-c2cccc([N+](=O)[O-])c2O)c(Cl)c2c1NC(C)(C)CC2C. The van der Waals surface area contributed by atoms with Crippen molar-refractivity contribution in [2.24, 2.45) is 0 Å². The Kier molecular flexibility index (Phi) is 4.15. The first-order valence-corrected chi connectivity index (χ1v) is 8.58. The molecule has 0 spiro atoms.